The summed E-state index contributed by atoms with van der Waals surface area (Å²) in [5, 5.41) is 8.96. The molecule has 1 aliphatic heterocycles. The van der Waals surface area contributed by atoms with Crippen molar-refractivity contribution < 1.29 is 9.59 Å². The van der Waals surface area contributed by atoms with Crippen molar-refractivity contribution in [2.45, 2.75) is 40.2 Å². The van der Waals surface area contributed by atoms with Crippen molar-refractivity contribution in [2.75, 3.05) is 33.9 Å². The van der Waals surface area contributed by atoms with E-state index in [0.717, 1.165) is 47.0 Å². The van der Waals surface area contributed by atoms with Crippen LogP contribution in [0.15, 0.2) is 36.4 Å². The first-order valence-corrected chi connectivity index (χ1v) is 9.74. The molecule has 6 heteroatoms. The number of rotatable bonds is 6. The molecule has 0 aromatic heterocycles. The van der Waals surface area contributed by atoms with Crippen LogP contribution in [0.3, 0.4) is 0 Å². The maximum Gasteiger partial charge on any atom is 0.247 e. The summed E-state index contributed by atoms with van der Waals surface area (Å²) in [5.74, 6) is -0.390. The molecule has 0 bridgehead atoms. The van der Waals surface area contributed by atoms with Crippen LogP contribution >= 0.6 is 0 Å². The van der Waals surface area contributed by atoms with Crippen LogP contribution in [-0.4, -0.2) is 30.9 Å². The molecular formula is C22H28N4O2. The molecule has 1 heterocycles. The third-order valence-electron chi connectivity index (χ3n) is 5.21. The molecule has 0 spiro atoms. The molecule has 3 rings (SSSR count). The number of carbonyl (C=O) groups excluding carboxylic acids is 2. The number of nitrogens with one attached hydrogen (secondary N) is 3. The van der Waals surface area contributed by atoms with Crippen LogP contribution in [0.25, 0.3) is 0 Å². The number of hydrogen-bond donors (Lipinski definition) is 3. The fourth-order valence-electron chi connectivity index (χ4n) is 3.40. The third-order valence-corrected chi connectivity index (χ3v) is 5.21. The van der Waals surface area contributed by atoms with Crippen LogP contribution in [-0.2, 0) is 9.59 Å². The van der Waals surface area contributed by atoms with E-state index in [1.807, 2.05) is 50.2 Å². The molecule has 1 atom stereocenters. The van der Waals surface area contributed by atoms with Gasteiger partial charge in [-0.05, 0) is 75.2 Å². The fraction of sp³-hybridized carbons (Fsp3) is 0.364. The minimum Gasteiger partial charge on any atom is -0.372 e. The minimum absolute atomic E-state index is 0.0655. The summed E-state index contributed by atoms with van der Waals surface area (Å²) in [5.41, 5.74) is 5.72. The quantitative estimate of drug-likeness (QED) is 0.710. The van der Waals surface area contributed by atoms with Gasteiger partial charge in [-0.3, -0.25) is 9.59 Å². The number of carbonyl (C=O) groups is 2. The van der Waals surface area contributed by atoms with E-state index in [9.17, 15) is 9.59 Å². The number of fused-ring (bicyclic) bond motifs is 1. The van der Waals surface area contributed by atoms with Gasteiger partial charge in [0.2, 0.25) is 11.8 Å². The summed E-state index contributed by atoms with van der Waals surface area (Å²) >= 11 is 0. The lowest BCUT2D eigenvalue weighted by atomic mass is 10.0. The van der Waals surface area contributed by atoms with E-state index in [4.69, 9.17) is 0 Å². The Bertz CT molecular complexity index is 873. The lowest BCUT2D eigenvalue weighted by Gasteiger charge is -2.27. The van der Waals surface area contributed by atoms with E-state index in [2.05, 4.69) is 34.7 Å². The maximum atomic E-state index is 12.4. The molecule has 1 unspecified atom stereocenters. The van der Waals surface area contributed by atoms with E-state index in [1.165, 1.54) is 0 Å². The van der Waals surface area contributed by atoms with Gasteiger partial charge in [0, 0.05) is 24.5 Å². The highest BCUT2D eigenvalue weighted by Gasteiger charge is 2.28. The van der Waals surface area contributed by atoms with E-state index >= 15 is 0 Å². The molecule has 2 aromatic rings. The van der Waals surface area contributed by atoms with Crippen LogP contribution in [0.2, 0.25) is 0 Å². The van der Waals surface area contributed by atoms with Gasteiger partial charge in [-0.1, -0.05) is 0 Å². The molecule has 28 heavy (non-hydrogen) atoms. The number of benzene rings is 2. The average molecular weight is 380 g/mol. The highest BCUT2D eigenvalue weighted by atomic mass is 16.2. The van der Waals surface area contributed by atoms with Crippen molar-refractivity contribution in [1.29, 1.82) is 0 Å². The lowest BCUT2D eigenvalue weighted by molar-refractivity contribution is -0.122. The number of nitrogens with zero attached hydrogens (tertiary/aromatic N) is 1. The molecule has 0 aliphatic carbocycles. The summed E-state index contributed by atoms with van der Waals surface area (Å²) in [4.78, 5) is 27.1. The van der Waals surface area contributed by atoms with Gasteiger partial charge in [0.25, 0.3) is 0 Å². The first-order valence-electron chi connectivity index (χ1n) is 9.74. The molecule has 2 amide bonds. The van der Waals surface area contributed by atoms with Crippen molar-refractivity contribution in [2.24, 2.45) is 0 Å². The summed E-state index contributed by atoms with van der Waals surface area (Å²) < 4.78 is 0. The number of anilines is 4. The monoisotopic (exact) mass is 380 g/mol. The van der Waals surface area contributed by atoms with Gasteiger partial charge in [-0.2, -0.15) is 0 Å². The summed E-state index contributed by atoms with van der Waals surface area (Å²) in [6.07, 6.45) is 0.0655. The van der Waals surface area contributed by atoms with Gasteiger partial charge in [0.15, 0.2) is 0 Å². The first-order chi connectivity index (χ1) is 13.4. The van der Waals surface area contributed by atoms with Gasteiger partial charge in [-0.25, -0.2) is 0 Å². The highest BCUT2D eigenvalue weighted by molar-refractivity contribution is 6.06. The zero-order valence-electron chi connectivity index (χ0n) is 16.9. The van der Waals surface area contributed by atoms with Crippen LogP contribution in [0, 0.1) is 13.8 Å². The smallest absolute Gasteiger partial charge is 0.247 e. The van der Waals surface area contributed by atoms with Crippen molar-refractivity contribution in [3.05, 3.63) is 47.5 Å². The van der Waals surface area contributed by atoms with Crippen LogP contribution in [0.4, 0.5) is 22.7 Å². The average Bonchev–Trinajstić information content (AvgIpc) is 2.66. The second-order valence-electron chi connectivity index (χ2n) is 7.14. The largest absolute Gasteiger partial charge is 0.372 e. The molecule has 148 valence electrons. The van der Waals surface area contributed by atoms with Crippen molar-refractivity contribution in [3.63, 3.8) is 0 Å². The Labute approximate surface area is 166 Å². The summed E-state index contributed by atoms with van der Waals surface area (Å²) in [6, 6.07) is 11.1. The molecule has 1 aliphatic rings. The van der Waals surface area contributed by atoms with Crippen molar-refractivity contribution >= 4 is 34.6 Å². The molecule has 0 saturated heterocycles. The molecule has 2 aromatic carbocycles. The van der Waals surface area contributed by atoms with E-state index < -0.39 is 6.04 Å². The van der Waals surface area contributed by atoms with Crippen LogP contribution in [0.5, 0.6) is 0 Å². The van der Waals surface area contributed by atoms with Crippen molar-refractivity contribution in [1.82, 2.24) is 0 Å². The molecular weight excluding hydrogens is 352 g/mol. The molecule has 0 radical (unpaired) electrons. The Kier molecular flexibility index (Phi) is 5.87. The zero-order chi connectivity index (χ0) is 20.3. The number of aryl methyl sites for hydroxylation is 2. The number of hydrogen-bond acceptors (Lipinski definition) is 4. The fourth-order valence-corrected chi connectivity index (χ4v) is 3.40. The Morgan fingerprint density at radius 1 is 1.04 bits per heavy atom. The van der Waals surface area contributed by atoms with Crippen LogP contribution < -0.4 is 20.9 Å². The maximum absolute atomic E-state index is 12.4. The summed E-state index contributed by atoms with van der Waals surface area (Å²) in [6.45, 7) is 10.1. The van der Waals surface area contributed by atoms with Crippen LogP contribution in [0.1, 0.15) is 31.4 Å². The Hall–Kier alpha value is -3.02. The first kappa shape index (κ1) is 19.7. The zero-order valence-corrected chi connectivity index (χ0v) is 16.9. The normalized spacial score (nSPS) is 15.3. The number of amides is 2. The van der Waals surface area contributed by atoms with Gasteiger partial charge in [-0.15, -0.1) is 0 Å². The summed E-state index contributed by atoms with van der Waals surface area (Å²) in [7, 11) is 0. The highest BCUT2D eigenvalue weighted by Crippen LogP contribution is 2.30. The molecule has 0 saturated carbocycles. The van der Waals surface area contributed by atoms with Gasteiger partial charge in [0.05, 0.1) is 17.8 Å². The Morgan fingerprint density at radius 2 is 1.64 bits per heavy atom. The van der Waals surface area contributed by atoms with E-state index in [1.54, 1.807) is 0 Å². The predicted molar refractivity (Wildman–Crippen MR) is 115 cm³/mol. The third kappa shape index (κ3) is 4.27. The van der Waals surface area contributed by atoms with Gasteiger partial charge >= 0.3 is 0 Å². The Balaban J connectivity index is 1.63. The van der Waals surface area contributed by atoms with Gasteiger partial charge < -0.3 is 20.9 Å². The van der Waals surface area contributed by atoms with Gasteiger partial charge in [0.1, 0.15) is 6.04 Å². The Morgan fingerprint density at radius 3 is 2.25 bits per heavy atom. The molecule has 3 N–H and O–H groups in total. The van der Waals surface area contributed by atoms with E-state index in [-0.39, 0.29) is 18.2 Å². The predicted octanol–water partition coefficient (Wildman–Crippen LogP) is 3.91. The van der Waals surface area contributed by atoms with Crippen molar-refractivity contribution in [3.8, 4) is 0 Å². The van der Waals surface area contributed by atoms with E-state index in [0.29, 0.717) is 0 Å². The second kappa shape index (κ2) is 8.33. The lowest BCUT2D eigenvalue weighted by Crippen LogP contribution is -2.41. The molecule has 0 fully saturated rings. The topological polar surface area (TPSA) is 73.5 Å². The standard InChI is InChI=1S/C22H28N4O2/c1-5-26(6-2)17-9-7-16(8-10-17)23-21(27)13-20-22(28)25-19-12-15(4)14(3)11-18(19)24-20/h7-12,20,24H,5-6,13H2,1-4H3,(H,23,27)(H,25,28). The SMILES string of the molecule is CCN(CC)c1ccc(NC(=O)CC2Nc3cc(C)c(C)cc3NC2=O)cc1. The molecule has 6 nitrogen and oxygen atoms in total. The second-order valence-corrected chi connectivity index (χ2v) is 7.14. The minimum atomic E-state index is -0.593.